The minimum atomic E-state index is -0.321. The number of aromatic nitrogens is 2. The normalized spacial score (nSPS) is 16.0. The van der Waals surface area contributed by atoms with Gasteiger partial charge < -0.3 is 15.4 Å². The molecule has 1 aromatic heterocycles. The molecule has 4 rings (SSSR count). The number of hydrogen-bond donors (Lipinski definition) is 1. The minimum Gasteiger partial charge on any atom is -0.436 e. The summed E-state index contributed by atoms with van der Waals surface area (Å²) >= 11 is 7.35. The summed E-state index contributed by atoms with van der Waals surface area (Å²) in [6.45, 7) is 0. The number of nitrogens with two attached hydrogens (primary N) is 1. The molecule has 0 bridgehead atoms. The molecule has 0 amide bonds. The lowest BCUT2D eigenvalue weighted by molar-refractivity contribution is 0.460. The molecule has 1 aliphatic heterocycles. The predicted molar refractivity (Wildman–Crippen MR) is 95.9 cm³/mol. The van der Waals surface area contributed by atoms with Gasteiger partial charge in [0.2, 0.25) is 0 Å². The predicted octanol–water partition coefficient (Wildman–Crippen LogP) is 4.55. The van der Waals surface area contributed by atoms with Gasteiger partial charge in [-0.3, -0.25) is 0 Å². The zero-order valence-corrected chi connectivity index (χ0v) is 14.3. The highest BCUT2D eigenvalue weighted by Gasteiger charge is 2.28. The Kier molecular flexibility index (Phi) is 4.20. The van der Waals surface area contributed by atoms with E-state index >= 15 is 0 Å². The number of halogens is 2. The largest absolute Gasteiger partial charge is 0.436 e. The molecular weight excluding hydrogens is 363 g/mol. The molecule has 0 aliphatic carbocycles. The molecule has 3 aromatic rings. The maximum absolute atomic E-state index is 13.4. The number of thioether (sulfide) groups is 1. The van der Waals surface area contributed by atoms with Crippen molar-refractivity contribution in [1.29, 1.82) is 0 Å². The molecule has 0 fully saturated rings. The van der Waals surface area contributed by atoms with Gasteiger partial charge in [-0.15, -0.1) is 0 Å². The number of anilines is 2. The molecule has 0 saturated carbocycles. The van der Waals surface area contributed by atoms with Crippen molar-refractivity contribution in [3.63, 3.8) is 0 Å². The fourth-order valence-electron chi connectivity index (χ4n) is 2.55. The number of nitrogens with zero attached hydrogens (tertiary/aromatic N) is 3. The average molecular weight is 375 g/mol. The summed E-state index contributed by atoms with van der Waals surface area (Å²) in [6.07, 6.45) is 3.00. The van der Waals surface area contributed by atoms with Crippen LogP contribution in [0.3, 0.4) is 0 Å². The molecule has 0 radical (unpaired) electrons. The third-order valence-corrected chi connectivity index (χ3v) is 4.93. The highest BCUT2D eigenvalue weighted by atomic mass is 35.5. The Hall–Kier alpha value is -2.35. The fraction of sp³-hybridized carbons (Fsp3) is 0.0588. The highest BCUT2D eigenvalue weighted by molar-refractivity contribution is 8.00. The zero-order valence-electron chi connectivity index (χ0n) is 12.8. The first-order chi connectivity index (χ1) is 12.1. The van der Waals surface area contributed by atoms with Crippen molar-refractivity contribution in [1.82, 2.24) is 9.97 Å². The van der Waals surface area contributed by atoms with Gasteiger partial charge in [-0.2, -0.15) is 0 Å². The van der Waals surface area contributed by atoms with Crippen LogP contribution in [0.2, 0.25) is 5.15 Å². The fourth-order valence-corrected chi connectivity index (χ4v) is 3.76. The Morgan fingerprint density at radius 2 is 1.88 bits per heavy atom. The summed E-state index contributed by atoms with van der Waals surface area (Å²) in [4.78, 5) is 10.7. The van der Waals surface area contributed by atoms with Gasteiger partial charge in [0, 0.05) is 23.0 Å². The number of benzene rings is 2. The van der Waals surface area contributed by atoms with Crippen molar-refractivity contribution in [3.05, 3.63) is 65.8 Å². The van der Waals surface area contributed by atoms with E-state index in [1.807, 2.05) is 17.0 Å². The lowest BCUT2D eigenvalue weighted by atomic mass is 10.2. The smallest absolute Gasteiger partial charge is 0.257 e. The molecule has 126 valence electrons. The van der Waals surface area contributed by atoms with Crippen molar-refractivity contribution in [3.8, 4) is 11.6 Å². The summed E-state index contributed by atoms with van der Waals surface area (Å²) in [5.41, 5.74) is 7.63. The van der Waals surface area contributed by atoms with Gasteiger partial charge in [0.05, 0.1) is 5.69 Å². The van der Waals surface area contributed by atoms with Crippen LogP contribution in [-0.4, -0.2) is 15.5 Å². The SMILES string of the molecule is NC1Sc2cc(F)ccc2N1c1ccc(Oc2nccnc2Cl)cc1. The van der Waals surface area contributed by atoms with Gasteiger partial charge >= 0.3 is 0 Å². The minimum absolute atomic E-state index is 0.195. The van der Waals surface area contributed by atoms with Crippen LogP contribution in [0.4, 0.5) is 15.8 Å². The molecule has 1 atom stereocenters. The molecule has 2 aromatic carbocycles. The summed E-state index contributed by atoms with van der Waals surface area (Å²) in [5.74, 6) is 0.543. The van der Waals surface area contributed by atoms with E-state index in [9.17, 15) is 4.39 Å². The maximum Gasteiger partial charge on any atom is 0.257 e. The lowest BCUT2D eigenvalue weighted by Gasteiger charge is -2.23. The summed E-state index contributed by atoms with van der Waals surface area (Å²) in [6, 6.07) is 12.0. The van der Waals surface area contributed by atoms with E-state index in [0.29, 0.717) is 5.75 Å². The molecule has 8 heteroatoms. The second-order valence-corrected chi connectivity index (χ2v) is 6.76. The maximum atomic E-state index is 13.4. The van der Waals surface area contributed by atoms with Crippen molar-refractivity contribution >= 4 is 34.7 Å². The number of rotatable bonds is 3. The van der Waals surface area contributed by atoms with Crippen LogP contribution in [0.5, 0.6) is 11.6 Å². The molecular formula is C17H12ClFN4OS. The van der Waals surface area contributed by atoms with E-state index in [0.717, 1.165) is 16.3 Å². The topological polar surface area (TPSA) is 64.3 Å². The van der Waals surface area contributed by atoms with Gasteiger partial charge in [0.15, 0.2) is 5.15 Å². The van der Waals surface area contributed by atoms with Crippen LogP contribution in [-0.2, 0) is 0 Å². The number of fused-ring (bicyclic) bond motifs is 1. The van der Waals surface area contributed by atoms with Crippen molar-refractivity contribution in [2.24, 2.45) is 5.73 Å². The molecule has 5 nitrogen and oxygen atoms in total. The molecule has 0 saturated heterocycles. The standard InChI is InChI=1S/C17H12ClFN4OS/c18-15-16(22-8-7-21-15)24-12-4-2-11(3-5-12)23-13-6-1-10(19)9-14(13)25-17(23)20/h1-9,17H,20H2. The van der Waals surface area contributed by atoms with Gasteiger partial charge in [0.25, 0.3) is 5.88 Å². The third-order valence-electron chi connectivity index (χ3n) is 3.64. The second-order valence-electron chi connectivity index (χ2n) is 5.24. The third kappa shape index (κ3) is 3.13. The Labute approximate surface area is 152 Å². The molecule has 2 N–H and O–H groups in total. The summed E-state index contributed by atoms with van der Waals surface area (Å²) < 4.78 is 19.0. The van der Waals surface area contributed by atoms with E-state index in [1.165, 1.54) is 36.3 Å². The van der Waals surface area contributed by atoms with Crippen LogP contribution >= 0.6 is 23.4 Å². The van der Waals surface area contributed by atoms with Crippen LogP contribution < -0.4 is 15.4 Å². The molecule has 25 heavy (non-hydrogen) atoms. The van der Waals surface area contributed by atoms with Crippen molar-refractivity contribution < 1.29 is 9.13 Å². The first-order valence-electron chi connectivity index (χ1n) is 7.37. The van der Waals surface area contributed by atoms with E-state index in [-0.39, 0.29) is 22.3 Å². The second kappa shape index (κ2) is 6.51. The van der Waals surface area contributed by atoms with Crippen LogP contribution in [0.15, 0.2) is 59.8 Å². The molecule has 1 aliphatic rings. The molecule has 1 unspecified atom stereocenters. The van der Waals surface area contributed by atoms with Crippen LogP contribution in [0, 0.1) is 5.82 Å². The van der Waals surface area contributed by atoms with Crippen molar-refractivity contribution in [2.45, 2.75) is 10.4 Å². The van der Waals surface area contributed by atoms with Crippen LogP contribution in [0.1, 0.15) is 0 Å². The van der Waals surface area contributed by atoms with E-state index in [1.54, 1.807) is 18.2 Å². The monoisotopic (exact) mass is 374 g/mol. The van der Waals surface area contributed by atoms with Gasteiger partial charge in [0.1, 0.15) is 17.1 Å². The Morgan fingerprint density at radius 1 is 1.12 bits per heavy atom. The summed E-state index contributed by atoms with van der Waals surface area (Å²) in [5, 5.41) is 0.195. The Bertz CT molecular complexity index is 925. The lowest BCUT2D eigenvalue weighted by Crippen LogP contribution is -2.31. The van der Waals surface area contributed by atoms with Gasteiger partial charge in [-0.05, 0) is 42.5 Å². The van der Waals surface area contributed by atoms with Gasteiger partial charge in [-0.25, -0.2) is 14.4 Å². The summed E-state index contributed by atoms with van der Waals surface area (Å²) in [7, 11) is 0. The number of hydrogen-bond acceptors (Lipinski definition) is 6. The highest BCUT2D eigenvalue weighted by Crippen LogP contribution is 2.46. The zero-order chi connectivity index (χ0) is 17.4. The van der Waals surface area contributed by atoms with Crippen LogP contribution in [0.25, 0.3) is 0 Å². The van der Waals surface area contributed by atoms with Gasteiger partial charge in [-0.1, -0.05) is 23.4 Å². The first-order valence-corrected chi connectivity index (χ1v) is 8.63. The van der Waals surface area contributed by atoms with Crippen molar-refractivity contribution in [2.75, 3.05) is 4.90 Å². The quantitative estimate of drug-likeness (QED) is 0.725. The molecule has 2 heterocycles. The Morgan fingerprint density at radius 3 is 2.64 bits per heavy atom. The first kappa shape index (κ1) is 16.1. The Balaban J connectivity index is 1.60. The average Bonchev–Trinajstić information content (AvgIpc) is 2.92. The number of ether oxygens (including phenoxy) is 1. The molecule has 0 spiro atoms. The van der Waals surface area contributed by atoms with E-state index in [2.05, 4.69) is 9.97 Å². The van der Waals surface area contributed by atoms with E-state index in [4.69, 9.17) is 22.1 Å². The van der Waals surface area contributed by atoms with E-state index < -0.39 is 0 Å².